The first-order valence-electron chi connectivity index (χ1n) is 6.12. The zero-order valence-corrected chi connectivity index (χ0v) is 12.8. The average Bonchev–Trinajstić information content (AvgIpc) is 2.45. The lowest BCUT2D eigenvalue weighted by Crippen LogP contribution is -2.23. The molecule has 0 aliphatic rings. The number of carbonyl (C=O) groups excluding carboxylic acids is 1. The summed E-state index contributed by atoms with van der Waals surface area (Å²) in [6.45, 7) is 1.94. The van der Waals surface area contributed by atoms with Gasteiger partial charge in [-0.05, 0) is 40.0 Å². The SMILES string of the molecule is COC(C(=O)Nc1cc(C)c(Br)cn1)c1ccccc1. The van der Waals surface area contributed by atoms with E-state index >= 15 is 0 Å². The third-order valence-electron chi connectivity index (χ3n) is 2.87. The molecule has 0 radical (unpaired) electrons. The van der Waals surface area contributed by atoms with Crippen molar-refractivity contribution < 1.29 is 9.53 Å². The number of hydrogen-bond acceptors (Lipinski definition) is 3. The van der Waals surface area contributed by atoms with Crippen molar-refractivity contribution in [2.45, 2.75) is 13.0 Å². The van der Waals surface area contributed by atoms with E-state index in [2.05, 4.69) is 26.2 Å². The Hall–Kier alpha value is -1.72. The lowest BCUT2D eigenvalue weighted by molar-refractivity contribution is -0.126. The topological polar surface area (TPSA) is 51.2 Å². The molecule has 0 saturated carbocycles. The van der Waals surface area contributed by atoms with Crippen LogP contribution in [-0.4, -0.2) is 18.0 Å². The van der Waals surface area contributed by atoms with Crippen LogP contribution in [0.2, 0.25) is 0 Å². The van der Waals surface area contributed by atoms with Crippen molar-refractivity contribution in [1.82, 2.24) is 4.98 Å². The predicted octanol–water partition coefficient (Wildman–Crippen LogP) is 3.48. The molecular formula is C15H15BrN2O2. The minimum absolute atomic E-state index is 0.243. The van der Waals surface area contributed by atoms with Gasteiger partial charge in [-0.3, -0.25) is 4.79 Å². The first-order chi connectivity index (χ1) is 9.61. The zero-order valence-electron chi connectivity index (χ0n) is 11.3. The minimum Gasteiger partial charge on any atom is -0.367 e. The van der Waals surface area contributed by atoms with Gasteiger partial charge in [0.1, 0.15) is 5.82 Å². The van der Waals surface area contributed by atoms with Crippen LogP contribution >= 0.6 is 15.9 Å². The van der Waals surface area contributed by atoms with Crippen molar-refractivity contribution in [1.29, 1.82) is 0 Å². The van der Waals surface area contributed by atoms with Crippen LogP contribution < -0.4 is 5.32 Å². The highest BCUT2D eigenvalue weighted by molar-refractivity contribution is 9.10. The molecule has 1 unspecified atom stereocenters. The van der Waals surface area contributed by atoms with Crippen molar-refractivity contribution >= 4 is 27.7 Å². The maximum absolute atomic E-state index is 12.3. The van der Waals surface area contributed by atoms with Gasteiger partial charge in [-0.25, -0.2) is 4.98 Å². The molecule has 0 saturated heterocycles. The fourth-order valence-electron chi connectivity index (χ4n) is 1.82. The molecule has 1 N–H and O–H groups in total. The maximum Gasteiger partial charge on any atom is 0.259 e. The second-order valence-electron chi connectivity index (χ2n) is 4.33. The van der Waals surface area contributed by atoms with Gasteiger partial charge in [0.15, 0.2) is 6.10 Å². The molecule has 0 bridgehead atoms. The number of benzene rings is 1. The van der Waals surface area contributed by atoms with E-state index in [-0.39, 0.29) is 5.91 Å². The molecular weight excluding hydrogens is 320 g/mol. The number of amides is 1. The van der Waals surface area contributed by atoms with Crippen LogP contribution in [0.5, 0.6) is 0 Å². The van der Waals surface area contributed by atoms with Gasteiger partial charge in [-0.15, -0.1) is 0 Å². The van der Waals surface area contributed by atoms with Crippen molar-refractivity contribution in [3.05, 3.63) is 58.2 Å². The Morgan fingerprint density at radius 1 is 1.35 bits per heavy atom. The summed E-state index contributed by atoms with van der Waals surface area (Å²) in [7, 11) is 1.51. The summed E-state index contributed by atoms with van der Waals surface area (Å²) >= 11 is 3.37. The van der Waals surface area contributed by atoms with Gasteiger partial charge < -0.3 is 10.1 Å². The molecule has 0 spiro atoms. The number of pyridine rings is 1. The first-order valence-corrected chi connectivity index (χ1v) is 6.92. The minimum atomic E-state index is -0.651. The number of rotatable bonds is 4. The predicted molar refractivity (Wildman–Crippen MR) is 81.5 cm³/mol. The van der Waals surface area contributed by atoms with E-state index in [0.29, 0.717) is 5.82 Å². The normalized spacial score (nSPS) is 11.9. The molecule has 4 nitrogen and oxygen atoms in total. The molecule has 20 heavy (non-hydrogen) atoms. The molecule has 0 aliphatic heterocycles. The van der Waals surface area contributed by atoms with Gasteiger partial charge in [-0.1, -0.05) is 30.3 Å². The first kappa shape index (κ1) is 14.7. The molecule has 1 amide bonds. The number of carbonyl (C=O) groups is 1. The number of hydrogen-bond donors (Lipinski definition) is 1. The summed E-state index contributed by atoms with van der Waals surface area (Å²) < 4.78 is 6.18. The number of nitrogens with one attached hydrogen (secondary N) is 1. The van der Waals surface area contributed by atoms with Crippen molar-refractivity contribution in [3.63, 3.8) is 0 Å². The molecule has 104 valence electrons. The van der Waals surface area contributed by atoms with E-state index in [1.54, 1.807) is 12.3 Å². The number of anilines is 1. The van der Waals surface area contributed by atoms with E-state index in [1.165, 1.54) is 7.11 Å². The van der Waals surface area contributed by atoms with Crippen LogP contribution in [0.25, 0.3) is 0 Å². The maximum atomic E-state index is 12.3. The highest BCUT2D eigenvalue weighted by Crippen LogP contribution is 2.20. The number of aromatic nitrogens is 1. The van der Waals surface area contributed by atoms with Crippen molar-refractivity contribution in [3.8, 4) is 0 Å². The number of methoxy groups -OCH3 is 1. The van der Waals surface area contributed by atoms with E-state index in [0.717, 1.165) is 15.6 Å². The Labute approximate surface area is 126 Å². The average molecular weight is 335 g/mol. The highest BCUT2D eigenvalue weighted by atomic mass is 79.9. The van der Waals surface area contributed by atoms with Gasteiger partial charge in [0, 0.05) is 17.8 Å². The summed E-state index contributed by atoms with van der Waals surface area (Å²) in [6.07, 6.45) is 1.01. The van der Waals surface area contributed by atoms with Crippen LogP contribution in [0.15, 0.2) is 47.1 Å². The molecule has 0 fully saturated rings. The smallest absolute Gasteiger partial charge is 0.259 e. The van der Waals surface area contributed by atoms with Gasteiger partial charge >= 0.3 is 0 Å². The van der Waals surface area contributed by atoms with Gasteiger partial charge in [0.05, 0.1) is 0 Å². The Kier molecular flexibility index (Phi) is 4.87. The van der Waals surface area contributed by atoms with Crippen LogP contribution in [0.1, 0.15) is 17.2 Å². The van der Waals surface area contributed by atoms with Gasteiger partial charge in [0.25, 0.3) is 5.91 Å². The summed E-state index contributed by atoms with van der Waals surface area (Å²) in [6, 6.07) is 11.2. The molecule has 2 rings (SSSR count). The Morgan fingerprint density at radius 3 is 2.65 bits per heavy atom. The summed E-state index contributed by atoms with van der Waals surface area (Å²) in [4.78, 5) is 16.4. The van der Waals surface area contributed by atoms with E-state index < -0.39 is 6.10 Å². The molecule has 1 heterocycles. The lowest BCUT2D eigenvalue weighted by atomic mass is 10.1. The third kappa shape index (κ3) is 3.43. The zero-order chi connectivity index (χ0) is 14.5. The van der Waals surface area contributed by atoms with Crippen LogP contribution in [0.4, 0.5) is 5.82 Å². The lowest BCUT2D eigenvalue weighted by Gasteiger charge is -2.15. The van der Waals surface area contributed by atoms with E-state index in [4.69, 9.17) is 4.74 Å². The molecule has 1 aromatic carbocycles. The molecule has 0 aliphatic carbocycles. The largest absolute Gasteiger partial charge is 0.367 e. The second-order valence-corrected chi connectivity index (χ2v) is 5.19. The van der Waals surface area contributed by atoms with Crippen molar-refractivity contribution in [2.75, 3.05) is 12.4 Å². The third-order valence-corrected chi connectivity index (χ3v) is 3.70. The van der Waals surface area contributed by atoms with E-state index in [1.807, 2.05) is 37.3 Å². The molecule has 2 aromatic rings. The fourth-order valence-corrected chi connectivity index (χ4v) is 2.04. The van der Waals surface area contributed by atoms with Crippen molar-refractivity contribution in [2.24, 2.45) is 0 Å². The van der Waals surface area contributed by atoms with Gasteiger partial charge in [-0.2, -0.15) is 0 Å². The second kappa shape index (κ2) is 6.63. The van der Waals surface area contributed by atoms with Gasteiger partial charge in [0.2, 0.25) is 0 Å². The summed E-state index contributed by atoms with van der Waals surface area (Å²) in [5.41, 5.74) is 1.81. The Morgan fingerprint density at radius 2 is 2.05 bits per heavy atom. The summed E-state index contributed by atoms with van der Waals surface area (Å²) in [5, 5.41) is 2.76. The molecule has 1 aromatic heterocycles. The number of aryl methyl sites for hydroxylation is 1. The Balaban J connectivity index is 2.15. The highest BCUT2D eigenvalue weighted by Gasteiger charge is 2.20. The van der Waals surface area contributed by atoms with E-state index in [9.17, 15) is 4.79 Å². The molecule has 1 atom stereocenters. The quantitative estimate of drug-likeness (QED) is 0.931. The fraction of sp³-hybridized carbons (Fsp3) is 0.200. The standard InChI is InChI=1S/C15H15BrN2O2/c1-10-8-13(17-9-12(10)16)18-15(19)14(20-2)11-6-4-3-5-7-11/h3-9,14H,1-2H3,(H,17,18,19). The number of ether oxygens (including phenoxy) is 1. The number of nitrogens with zero attached hydrogens (tertiary/aromatic N) is 1. The number of halogens is 1. The van der Waals surface area contributed by atoms with Crippen LogP contribution in [-0.2, 0) is 9.53 Å². The van der Waals surface area contributed by atoms with Crippen LogP contribution in [0, 0.1) is 6.92 Å². The molecule has 5 heteroatoms. The monoisotopic (exact) mass is 334 g/mol. The summed E-state index contributed by atoms with van der Waals surface area (Å²) in [5.74, 6) is 0.265. The van der Waals surface area contributed by atoms with Crippen LogP contribution in [0.3, 0.4) is 0 Å². The Bertz CT molecular complexity index is 602.